The van der Waals surface area contributed by atoms with Crippen molar-refractivity contribution in [2.75, 3.05) is 19.6 Å². The lowest BCUT2D eigenvalue weighted by molar-refractivity contribution is -0.387. The van der Waals surface area contributed by atoms with Crippen molar-refractivity contribution >= 4 is 27.3 Å². The first-order valence-electron chi connectivity index (χ1n) is 6.55. The van der Waals surface area contributed by atoms with E-state index in [4.69, 9.17) is 11.6 Å². The Morgan fingerprint density at radius 2 is 2.24 bits per heavy atom. The number of nitrogens with zero attached hydrogens (tertiary/aromatic N) is 1. The van der Waals surface area contributed by atoms with Crippen LogP contribution in [-0.2, 0) is 10.0 Å². The minimum atomic E-state index is -4.00. The molecule has 1 atom stereocenters. The van der Waals surface area contributed by atoms with Crippen molar-refractivity contribution in [3.63, 3.8) is 0 Å². The minimum absolute atomic E-state index is 0.153. The van der Waals surface area contributed by atoms with Crippen molar-refractivity contribution in [2.45, 2.75) is 17.7 Å². The fourth-order valence-corrected chi connectivity index (χ4v) is 4.09. The number of nitrogens with one attached hydrogen (secondary N) is 2. The molecule has 0 spiro atoms. The van der Waals surface area contributed by atoms with E-state index in [1.54, 1.807) is 0 Å². The lowest BCUT2D eigenvalue weighted by atomic mass is 10.1. The number of sulfonamides is 1. The number of rotatable bonds is 6. The molecule has 1 saturated heterocycles. The van der Waals surface area contributed by atoms with Crippen LogP contribution in [-0.4, -0.2) is 33.0 Å². The first-order valence-corrected chi connectivity index (χ1v) is 8.41. The van der Waals surface area contributed by atoms with Gasteiger partial charge in [-0.3, -0.25) is 10.1 Å². The SMILES string of the molecule is O=[N+]([O-])c1cccc(Cl)c1S(=O)(=O)NCCC1CCNC1. The third kappa shape index (κ3) is 3.91. The Labute approximate surface area is 127 Å². The first-order chi connectivity index (χ1) is 9.92. The van der Waals surface area contributed by atoms with Crippen LogP contribution in [0.3, 0.4) is 0 Å². The summed E-state index contributed by atoms with van der Waals surface area (Å²) in [5.41, 5.74) is -0.516. The van der Waals surface area contributed by atoms with Crippen molar-refractivity contribution < 1.29 is 13.3 Å². The Kier molecular flexibility index (Phi) is 5.15. The Morgan fingerprint density at radius 3 is 2.86 bits per heavy atom. The molecule has 7 nitrogen and oxygen atoms in total. The van der Waals surface area contributed by atoms with Gasteiger partial charge in [0.15, 0.2) is 4.90 Å². The van der Waals surface area contributed by atoms with Gasteiger partial charge in [-0.05, 0) is 37.9 Å². The number of nitro benzene ring substituents is 1. The maximum Gasteiger partial charge on any atom is 0.290 e. The van der Waals surface area contributed by atoms with Crippen LogP contribution in [0.4, 0.5) is 5.69 Å². The summed E-state index contributed by atoms with van der Waals surface area (Å²) >= 11 is 5.83. The molecule has 0 bridgehead atoms. The van der Waals surface area contributed by atoms with Crippen molar-refractivity contribution in [3.8, 4) is 0 Å². The highest BCUT2D eigenvalue weighted by Gasteiger charge is 2.28. The lowest BCUT2D eigenvalue weighted by Gasteiger charge is -2.11. The summed E-state index contributed by atoms with van der Waals surface area (Å²) < 4.78 is 26.9. The summed E-state index contributed by atoms with van der Waals surface area (Å²) in [5.74, 6) is 0.425. The van der Waals surface area contributed by atoms with E-state index in [0.717, 1.165) is 25.6 Å². The van der Waals surface area contributed by atoms with Gasteiger partial charge < -0.3 is 5.32 Å². The van der Waals surface area contributed by atoms with Gasteiger partial charge in [-0.1, -0.05) is 17.7 Å². The first kappa shape index (κ1) is 16.2. The van der Waals surface area contributed by atoms with Crippen LogP contribution in [0.25, 0.3) is 0 Å². The Hall–Kier alpha value is -1.22. The zero-order valence-corrected chi connectivity index (χ0v) is 12.8. The Morgan fingerprint density at radius 1 is 1.48 bits per heavy atom. The van der Waals surface area contributed by atoms with Gasteiger partial charge in [-0.25, -0.2) is 13.1 Å². The molecular weight excluding hydrogens is 318 g/mol. The molecule has 0 amide bonds. The molecule has 1 aliphatic rings. The molecule has 1 aliphatic heterocycles. The van der Waals surface area contributed by atoms with Gasteiger partial charge in [0.05, 0.1) is 9.95 Å². The third-order valence-electron chi connectivity index (χ3n) is 3.42. The van der Waals surface area contributed by atoms with Gasteiger partial charge >= 0.3 is 0 Å². The quantitative estimate of drug-likeness (QED) is 0.607. The highest BCUT2D eigenvalue weighted by atomic mass is 35.5. The second-order valence-corrected chi connectivity index (χ2v) is 7.00. The van der Waals surface area contributed by atoms with Crippen LogP contribution >= 0.6 is 11.6 Å². The lowest BCUT2D eigenvalue weighted by Crippen LogP contribution is -2.27. The van der Waals surface area contributed by atoms with E-state index in [0.29, 0.717) is 12.3 Å². The largest absolute Gasteiger partial charge is 0.316 e. The van der Waals surface area contributed by atoms with E-state index >= 15 is 0 Å². The van der Waals surface area contributed by atoms with Crippen LogP contribution in [0.1, 0.15) is 12.8 Å². The molecule has 2 N–H and O–H groups in total. The predicted molar refractivity (Wildman–Crippen MR) is 78.9 cm³/mol. The highest BCUT2D eigenvalue weighted by molar-refractivity contribution is 7.89. The van der Waals surface area contributed by atoms with Crippen molar-refractivity contribution in [1.82, 2.24) is 10.0 Å². The number of hydrogen-bond acceptors (Lipinski definition) is 5. The zero-order chi connectivity index (χ0) is 15.5. The summed E-state index contributed by atoms with van der Waals surface area (Å²) in [6.07, 6.45) is 1.69. The van der Waals surface area contributed by atoms with Gasteiger partial charge in [0.25, 0.3) is 5.69 Å². The fraction of sp³-hybridized carbons (Fsp3) is 0.500. The van der Waals surface area contributed by atoms with E-state index in [9.17, 15) is 18.5 Å². The minimum Gasteiger partial charge on any atom is -0.316 e. The average Bonchev–Trinajstić information content (AvgIpc) is 2.91. The number of benzene rings is 1. The molecule has 1 heterocycles. The molecule has 21 heavy (non-hydrogen) atoms. The van der Waals surface area contributed by atoms with Gasteiger partial charge in [0.2, 0.25) is 10.0 Å². The molecule has 0 aliphatic carbocycles. The summed E-state index contributed by atoms with van der Waals surface area (Å²) in [5, 5.41) is 14.0. The number of hydrogen-bond donors (Lipinski definition) is 2. The normalized spacial score (nSPS) is 18.8. The van der Waals surface area contributed by atoms with E-state index in [1.165, 1.54) is 12.1 Å². The molecular formula is C12H16ClN3O4S. The third-order valence-corrected chi connectivity index (χ3v) is 5.40. The molecule has 1 fully saturated rings. The monoisotopic (exact) mass is 333 g/mol. The van der Waals surface area contributed by atoms with Crippen LogP contribution in [0.15, 0.2) is 23.1 Å². The van der Waals surface area contributed by atoms with Crippen LogP contribution in [0.2, 0.25) is 5.02 Å². The Bertz CT molecular complexity index is 629. The molecule has 0 saturated carbocycles. The number of halogens is 1. The average molecular weight is 334 g/mol. The Balaban J connectivity index is 2.13. The molecule has 0 radical (unpaired) electrons. The fourth-order valence-electron chi connectivity index (χ4n) is 2.34. The predicted octanol–water partition coefficient (Wildman–Crippen LogP) is 1.53. The van der Waals surface area contributed by atoms with E-state index in [1.807, 2.05) is 0 Å². The van der Waals surface area contributed by atoms with Crippen LogP contribution in [0, 0.1) is 16.0 Å². The summed E-state index contributed by atoms with van der Waals surface area (Å²) in [6.45, 7) is 2.04. The molecule has 9 heteroatoms. The molecule has 1 aromatic carbocycles. The second kappa shape index (κ2) is 6.69. The molecule has 2 rings (SSSR count). The van der Waals surface area contributed by atoms with Crippen molar-refractivity contribution in [2.24, 2.45) is 5.92 Å². The summed E-state index contributed by atoms with van der Waals surface area (Å²) in [7, 11) is -4.00. The maximum atomic E-state index is 12.2. The van der Waals surface area contributed by atoms with E-state index in [-0.39, 0.29) is 11.6 Å². The van der Waals surface area contributed by atoms with Gasteiger partial charge in [-0.2, -0.15) is 0 Å². The van der Waals surface area contributed by atoms with Crippen molar-refractivity contribution in [3.05, 3.63) is 33.3 Å². The highest BCUT2D eigenvalue weighted by Crippen LogP contribution is 2.30. The molecule has 1 unspecified atom stereocenters. The summed E-state index contributed by atoms with van der Waals surface area (Å²) in [6, 6.07) is 3.80. The molecule has 116 valence electrons. The van der Waals surface area contributed by atoms with Gasteiger partial charge in [0.1, 0.15) is 0 Å². The zero-order valence-electron chi connectivity index (χ0n) is 11.2. The standard InChI is InChI=1S/C12H16ClN3O4S/c13-10-2-1-3-11(16(17)18)12(10)21(19,20)15-7-5-9-4-6-14-8-9/h1-3,9,14-15H,4-8H2. The second-order valence-electron chi connectivity index (χ2n) is 4.89. The van der Waals surface area contributed by atoms with Crippen LogP contribution < -0.4 is 10.0 Å². The number of nitro groups is 1. The maximum absolute atomic E-state index is 12.2. The molecule has 1 aromatic rings. The summed E-state index contributed by atoms with van der Waals surface area (Å²) in [4.78, 5) is 9.73. The van der Waals surface area contributed by atoms with E-state index < -0.39 is 25.5 Å². The van der Waals surface area contributed by atoms with Crippen LogP contribution in [0.5, 0.6) is 0 Å². The topological polar surface area (TPSA) is 101 Å². The van der Waals surface area contributed by atoms with Crippen molar-refractivity contribution in [1.29, 1.82) is 0 Å². The van der Waals surface area contributed by atoms with E-state index in [2.05, 4.69) is 10.0 Å². The smallest absolute Gasteiger partial charge is 0.290 e. The van der Waals surface area contributed by atoms with Gasteiger partial charge in [0, 0.05) is 12.6 Å². The van der Waals surface area contributed by atoms with Gasteiger partial charge in [-0.15, -0.1) is 0 Å². The molecule has 0 aromatic heterocycles.